The smallest absolute Gasteiger partial charge is 0.342 e. The van der Waals surface area contributed by atoms with Crippen molar-refractivity contribution in [3.05, 3.63) is 47.8 Å². The largest absolute Gasteiger partial charge is 0.460 e. The van der Waals surface area contributed by atoms with Crippen LogP contribution >= 0.6 is 0 Å². The summed E-state index contributed by atoms with van der Waals surface area (Å²) in [6, 6.07) is 9.31. The molecule has 2 rings (SSSR count). The van der Waals surface area contributed by atoms with E-state index in [9.17, 15) is 9.59 Å². The molecular formula is C20H26N2O4. The third-order valence-corrected chi connectivity index (χ3v) is 3.22. The van der Waals surface area contributed by atoms with Crippen LogP contribution < -0.4 is 0 Å². The van der Waals surface area contributed by atoms with Crippen molar-refractivity contribution >= 4 is 11.9 Å². The molecule has 6 heteroatoms. The van der Waals surface area contributed by atoms with Gasteiger partial charge in [-0.25, -0.2) is 9.48 Å². The highest BCUT2D eigenvalue weighted by atomic mass is 16.6. The first kappa shape index (κ1) is 19.7. The Balaban J connectivity index is 2.41. The van der Waals surface area contributed by atoms with Gasteiger partial charge < -0.3 is 9.47 Å². The number of esters is 2. The van der Waals surface area contributed by atoms with E-state index in [0.29, 0.717) is 5.69 Å². The fraction of sp³-hybridized carbons (Fsp3) is 0.450. The van der Waals surface area contributed by atoms with Gasteiger partial charge in [0, 0.05) is 0 Å². The molecule has 140 valence electrons. The van der Waals surface area contributed by atoms with Crippen LogP contribution in [0.3, 0.4) is 0 Å². The summed E-state index contributed by atoms with van der Waals surface area (Å²) in [6.45, 7) is 10.8. The van der Waals surface area contributed by atoms with Crippen molar-refractivity contribution in [1.82, 2.24) is 9.78 Å². The van der Waals surface area contributed by atoms with Gasteiger partial charge in [-0.3, -0.25) is 4.79 Å². The number of rotatable bonds is 4. The standard InChI is InChI=1S/C20H26N2O4/c1-19(2,3)25-17(23)12-16-15(18(24)26-20(4,5)6)13-21-22(16)14-10-8-7-9-11-14/h7-11,13H,12H2,1-6H3. The van der Waals surface area contributed by atoms with Crippen molar-refractivity contribution in [2.75, 3.05) is 0 Å². The molecule has 0 spiro atoms. The molecular weight excluding hydrogens is 332 g/mol. The van der Waals surface area contributed by atoms with E-state index in [0.717, 1.165) is 5.69 Å². The van der Waals surface area contributed by atoms with Gasteiger partial charge in [0.05, 0.1) is 24.0 Å². The van der Waals surface area contributed by atoms with E-state index < -0.39 is 23.1 Å². The molecule has 0 radical (unpaired) electrons. The minimum atomic E-state index is -0.644. The van der Waals surface area contributed by atoms with Gasteiger partial charge in [-0.2, -0.15) is 5.10 Å². The summed E-state index contributed by atoms with van der Waals surface area (Å²) >= 11 is 0. The maximum Gasteiger partial charge on any atom is 0.342 e. The first-order chi connectivity index (χ1) is 12.0. The lowest BCUT2D eigenvalue weighted by atomic mass is 10.1. The fourth-order valence-corrected chi connectivity index (χ4v) is 2.35. The van der Waals surface area contributed by atoms with Crippen molar-refractivity contribution in [3.63, 3.8) is 0 Å². The van der Waals surface area contributed by atoms with Crippen molar-refractivity contribution in [3.8, 4) is 5.69 Å². The zero-order valence-electron chi connectivity index (χ0n) is 16.2. The van der Waals surface area contributed by atoms with Gasteiger partial charge >= 0.3 is 11.9 Å². The van der Waals surface area contributed by atoms with Gasteiger partial charge in [-0.15, -0.1) is 0 Å². The van der Waals surface area contributed by atoms with E-state index in [2.05, 4.69) is 5.10 Å². The molecule has 1 aromatic carbocycles. The van der Waals surface area contributed by atoms with Crippen LogP contribution in [0.25, 0.3) is 5.69 Å². The Morgan fingerprint density at radius 1 is 0.962 bits per heavy atom. The molecule has 0 saturated heterocycles. The average Bonchev–Trinajstić information content (AvgIpc) is 2.88. The Morgan fingerprint density at radius 2 is 1.54 bits per heavy atom. The van der Waals surface area contributed by atoms with Gasteiger partial charge in [-0.1, -0.05) is 18.2 Å². The number of aromatic nitrogens is 2. The molecule has 1 heterocycles. The highest BCUT2D eigenvalue weighted by Crippen LogP contribution is 2.20. The van der Waals surface area contributed by atoms with E-state index in [1.165, 1.54) is 6.20 Å². The van der Waals surface area contributed by atoms with Crippen LogP contribution in [0.1, 0.15) is 57.6 Å². The summed E-state index contributed by atoms with van der Waals surface area (Å²) in [5, 5.41) is 4.30. The first-order valence-corrected chi connectivity index (χ1v) is 8.54. The van der Waals surface area contributed by atoms with Crippen molar-refractivity contribution in [2.45, 2.75) is 59.2 Å². The molecule has 26 heavy (non-hydrogen) atoms. The lowest BCUT2D eigenvalue weighted by Gasteiger charge is -2.21. The Bertz CT molecular complexity index is 780. The Hall–Kier alpha value is -2.63. The monoisotopic (exact) mass is 358 g/mol. The van der Waals surface area contributed by atoms with Crippen LogP contribution in [0.15, 0.2) is 36.5 Å². The molecule has 0 aliphatic carbocycles. The van der Waals surface area contributed by atoms with E-state index in [1.54, 1.807) is 46.2 Å². The van der Waals surface area contributed by atoms with Crippen molar-refractivity contribution in [2.24, 2.45) is 0 Å². The molecule has 0 amide bonds. The van der Waals surface area contributed by atoms with Gasteiger partial charge in [0.1, 0.15) is 16.8 Å². The SMILES string of the molecule is CC(C)(C)OC(=O)Cc1c(C(=O)OC(C)(C)C)cnn1-c1ccccc1. The number of carbonyl (C=O) groups is 2. The lowest BCUT2D eigenvalue weighted by Crippen LogP contribution is -2.27. The zero-order chi connectivity index (χ0) is 19.5. The maximum absolute atomic E-state index is 12.6. The highest BCUT2D eigenvalue weighted by molar-refractivity contribution is 5.92. The number of para-hydroxylation sites is 1. The van der Waals surface area contributed by atoms with Gasteiger partial charge in [0.15, 0.2) is 0 Å². The van der Waals surface area contributed by atoms with Crippen LogP contribution in [-0.4, -0.2) is 32.9 Å². The summed E-state index contributed by atoms with van der Waals surface area (Å²) in [5.41, 5.74) is 0.200. The highest BCUT2D eigenvalue weighted by Gasteiger charge is 2.27. The van der Waals surface area contributed by atoms with E-state index in [1.807, 2.05) is 30.3 Å². The van der Waals surface area contributed by atoms with Crippen molar-refractivity contribution < 1.29 is 19.1 Å². The molecule has 6 nitrogen and oxygen atoms in total. The van der Waals surface area contributed by atoms with Gasteiger partial charge in [0.25, 0.3) is 0 Å². The molecule has 1 aromatic heterocycles. The molecule has 0 bridgehead atoms. The summed E-state index contributed by atoms with van der Waals surface area (Å²) in [7, 11) is 0. The minimum Gasteiger partial charge on any atom is -0.460 e. The van der Waals surface area contributed by atoms with E-state index in [4.69, 9.17) is 9.47 Å². The number of benzene rings is 1. The molecule has 0 saturated carbocycles. The molecule has 2 aromatic rings. The second-order valence-corrected chi connectivity index (χ2v) is 8.02. The summed E-state index contributed by atoms with van der Waals surface area (Å²) in [5.74, 6) is -0.946. The van der Waals surface area contributed by atoms with E-state index >= 15 is 0 Å². The van der Waals surface area contributed by atoms with Crippen LogP contribution in [0, 0.1) is 0 Å². The van der Waals surface area contributed by atoms with Crippen molar-refractivity contribution in [1.29, 1.82) is 0 Å². The van der Waals surface area contributed by atoms with Crippen LogP contribution in [0.5, 0.6) is 0 Å². The quantitative estimate of drug-likeness (QED) is 0.779. The molecule has 0 unspecified atom stereocenters. The predicted octanol–water partition coefficient (Wildman–Crippen LogP) is 3.71. The number of nitrogens with zero attached hydrogens (tertiary/aromatic N) is 2. The Kier molecular flexibility index (Phi) is 5.54. The molecule has 0 aliphatic rings. The average molecular weight is 358 g/mol. The third-order valence-electron chi connectivity index (χ3n) is 3.22. The second-order valence-electron chi connectivity index (χ2n) is 8.02. The van der Waals surface area contributed by atoms with E-state index in [-0.39, 0.29) is 12.0 Å². The number of ether oxygens (including phenoxy) is 2. The number of hydrogen-bond donors (Lipinski definition) is 0. The van der Waals surface area contributed by atoms with Gasteiger partial charge in [-0.05, 0) is 53.7 Å². The van der Waals surface area contributed by atoms with Crippen LogP contribution in [0.2, 0.25) is 0 Å². The number of carbonyl (C=O) groups excluding carboxylic acids is 2. The second kappa shape index (κ2) is 7.32. The Labute approximate surface area is 154 Å². The fourth-order valence-electron chi connectivity index (χ4n) is 2.35. The Morgan fingerprint density at radius 3 is 2.08 bits per heavy atom. The number of hydrogen-bond acceptors (Lipinski definition) is 5. The topological polar surface area (TPSA) is 70.4 Å². The molecule has 0 aliphatic heterocycles. The predicted molar refractivity (Wildman–Crippen MR) is 98.3 cm³/mol. The molecule has 0 fully saturated rings. The maximum atomic E-state index is 12.6. The zero-order valence-corrected chi connectivity index (χ0v) is 16.2. The van der Waals surface area contributed by atoms with Crippen LogP contribution in [0.4, 0.5) is 0 Å². The molecule has 0 N–H and O–H groups in total. The summed E-state index contributed by atoms with van der Waals surface area (Å²) in [6.07, 6.45) is 1.35. The minimum absolute atomic E-state index is 0.0826. The summed E-state index contributed by atoms with van der Waals surface area (Å²) in [4.78, 5) is 24.9. The normalized spacial score (nSPS) is 11.9. The lowest BCUT2D eigenvalue weighted by molar-refractivity contribution is -0.154. The first-order valence-electron chi connectivity index (χ1n) is 8.54. The third kappa shape index (κ3) is 5.44. The summed E-state index contributed by atoms with van der Waals surface area (Å²) < 4.78 is 12.4. The van der Waals surface area contributed by atoms with Crippen LogP contribution in [-0.2, 0) is 20.7 Å². The van der Waals surface area contributed by atoms with Gasteiger partial charge in [0.2, 0.25) is 0 Å². The molecule has 0 atom stereocenters.